The summed E-state index contributed by atoms with van der Waals surface area (Å²) in [7, 11) is 0. The lowest BCUT2D eigenvalue weighted by Gasteiger charge is -2.45. The van der Waals surface area contributed by atoms with Crippen LogP contribution < -0.4 is 0 Å². The number of hydrogen-bond acceptors (Lipinski definition) is 10. The maximum Gasteiger partial charge on any atom is 0.187 e. The third kappa shape index (κ3) is 5.75. The minimum absolute atomic E-state index is 0.371. The van der Waals surface area contributed by atoms with Gasteiger partial charge in [0, 0.05) is 6.61 Å². The van der Waals surface area contributed by atoms with E-state index in [0.29, 0.717) is 6.61 Å². The number of ether oxygens (including phenoxy) is 4. The molecule has 2 saturated heterocycles. The lowest BCUT2D eigenvalue weighted by molar-refractivity contribution is -0.354. The van der Waals surface area contributed by atoms with E-state index in [9.17, 15) is 25.5 Å². The fourth-order valence-corrected chi connectivity index (χ4v) is 3.39. The molecule has 2 heterocycles. The Morgan fingerprint density at radius 2 is 1.37 bits per heavy atom. The Kier molecular flexibility index (Phi) is 9.20. The highest BCUT2D eigenvalue weighted by Gasteiger charge is 2.49. The third-order valence-electron chi connectivity index (χ3n) is 4.97. The van der Waals surface area contributed by atoms with Gasteiger partial charge < -0.3 is 44.5 Å². The summed E-state index contributed by atoms with van der Waals surface area (Å²) in [6.07, 6.45) is -9.08. The molecule has 2 aliphatic heterocycles. The van der Waals surface area contributed by atoms with E-state index in [1.807, 2.05) is 0 Å². The first kappa shape index (κ1) is 23.3. The lowest BCUT2D eigenvalue weighted by Crippen LogP contribution is -2.63. The summed E-state index contributed by atoms with van der Waals surface area (Å²) in [6, 6.07) is 0. The largest absolute Gasteiger partial charge is 0.388 e. The summed E-state index contributed by atoms with van der Waals surface area (Å²) >= 11 is 4.14. The van der Waals surface area contributed by atoms with Crippen molar-refractivity contribution < 1.29 is 44.5 Å². The van der Waals surface area contributed by atoms with Crippen LogP contribution in [0.2, 0.25) is 0 Å². The zero-order chi connectivity index (χ0) is 20.1. The predicted octanol–water partition coefficient (Wildman–Crippen LogP) is -1.22. The fraction of sp³-hybridized carbons (Fsp3) is 1.00. The minimum Gasteiger partial charge on any atom is -0.388 e. The molecule has 0 bridgehead atoms. The summed E-state index contributed by atoms with van der Waals surface area (Å²) in [5.41, 5.74) is 0. The van der Waals surface area contributed by atoms with E-state index in [-0.39, 0.29) is 0 Å². The summed E-state index contributed by atoms with van der Waals surface area (Å²) < 4.78 is 22.1. The van der Waals surface area contributed by atoms with Crippen molar-refractivity contribution in [3.8, 4) is 0 Å². The first-order valence-corrected chi connectivity index (χ1v) is 10.00. The molecule has 0 spiro atoms. The van der Waals surface area contributed by atoms with E-state index in [2.05, 4.69) is 12.6 Å². The molecule has 2 fully saturated rings. The maximum absolute atomic E-state index is 10.5. The van der Waals surface area contributed by atoms with Crippen LogP contribution in [0.25, 0.3) is 0 Å². The van der Waals surface area contributed by atoms with Gasteiger partial charge in [0.25, 0.3) is 0 Å². The van der Waals surface area contributed by atoms with Gasteiger partial charge in [-0.25, -0.2) is 0 Å². The molecule has 10 heteroatoms. The molecule has 27 heavy (non-hydrogen) atoms. The first-order valence-electron chi connectivity index (χ1n) is 9.37. The minimum atomic E-state index is -1.53. The highest BCUT2D eigenvalue weighted by molar-refractivity contribution is 7.80. The van der Waals surface area contributed by atoms with Crippen molar-refractivity contribution in [1.29, 1.82) is 0 Å². The normalized spacial score (nSPS) is 45.8. The Morgan fingerprint density at radius 3 is 2.04 bits per heavy atom. The SMILES string of the molecule is C[C@@H]1O[C@@H](O[C@@H]2[C@@H](O)[C@H](C)O[C@@H](OCCCCCS)[C@@H]2O)[C@H](O)[C@H](O)[C@H]1O. The highest BCUT2D eigenvalue weighted by Crippen LogP contribution is 2.29. The Hall–Kier alpha value is -0.0100. The van der Waals surface area contributed by atoms with E-state index in [4.69, 9.17) is 18.9 Å². The molecule has 9 nitrogen and oxygen atoms in total. The molecule has 0 aromatic carbocycles. The molecule has 0 radical (unpaired) electrons. The average molecular weight is 413 g/mol. The molecule has 0 aromatic heterocycles. The van der Waals surface area contributed by atoms with Gasteiger partial charge in [-0.3, -0.25) is 0 Å². The second kappa shape index (κ2) is 10.7. The van der Waals surface area contributed by atoms with Crippen molar-refractivity contribution in [1.82, 2.24) is 0 Å². The summed E-state index contributed by atoms with van der Waals surface area (Å²) in [5.74, 6) is 0.796. The van der Waals surface area contributed by atoms with Gasteiger partial charge in [-0.2, -0.15) is 12.6 Å². The van der Waals surface area contributed by atoms with Crippen molar-refractivity contribution in [2.45, 2.75) is 94.5 Å². The van der Waals surface area contributed by atoms with E-state index < -0.39 is 61.4 Å². The van der Waals surface area contributed by atoms with Crippen molar-refractivity contribution >= 4 is 12.6 Å². The molecular weight excluding hydrogens is 380 g/mol. The highest BCUT2D eigenvalue weighted by atomic mass is 32.1. The molecular formula is C17H32O9S. The molecule has 0 aliphatic carbocycles. The second-order valence-electron chi connectivity index (χ2n) is 7.13. The molecule has 5 N–H and O–H groups in total. The summed E-state index contributed by atoms with van der Waals surface area (Å²) in [6.45, 7) is 3.51. The molecule has 0 unspecified atom stereocenters. The number of thiol groups is 1. The van der Waals surface area contributed by atoms with E-state index in [0.717, 1.165) is 25.0 Å². The van der Waals surface area contributed by atoms with Crippen molar-refractivity contribution in [3.05, 3.63) is 0 Å². The molecule has 2 rings (SSSR count). The molecule has 0 amide bonds. The topological polar surface area (TPSA) is 138 Å². The maximum atomic E-state index is 10.5. The van der Waals surface area contributed by atoms with E-state index >= 15 is 0 Å². The Labute approximate surface area is 164 Å². The Balaban J connectivity index is 1.96. The number of aliphatic hydroxyl groups is 5. The smallest absolute Gasteiger partial charge is 0.187 e. The quantitative estimate of drug-likeness (QED) is 0.214. The van der Waals surface area contributed by atoms with Crippen LogP contribution in [0.5, 0.6) is 0 Å². The molecule has 0 saturated carbocycles. The first-order chi connectivity index (χ1) is 12.8. The van der Waals surface area contributed by atoms with Crippen molar-refractivity contribution in [2.24, 2.45) is 0 Å². The number of unbranched alkanes of at least 4 members (excludes halogenated alkanes) is 2. The third-order valence-corrected chi connectivity index (χ3v) is 5.28. The van der Waals surface area contributed by atoms with E-state index in [1.165, 1.54) is 6.92 Å². The number of rotatable bonds is 8. The second-order valence-corrected chi connectivity index (χ2v) is 7.58. The standard InChI is InChI=1S/C17H32O9S/c1-8-10(18)12(20)13(21)17(25-8)26-15-11(19)9(2)24-16(14(15)22)23-6-4-3-5-7-27/h8-22,27H,3-7H2,1-2H3/t8-,9-,10-,11-,12+,13+,14+,15+,16+,17-/m0/s1. The Bertz CT molecular complexity index is 443. The Morgan fingerprint density at radius 1 is 0.741 bits per heavy atom. The lowest BCUT2D eigenvalue weighted by atomic mass is 9.97. The number of hydrogen-bond donors (Lipinski definition) is 6. The van der Waals surface area contributed by atoms with E-state index in [1.54, 1.807) is 6.92 Å². The zero-order valence-corrected chi connectivity index (χ0v) is 16.5. The summed E-state index contributed by atoms with van der Waals surface area (Å²) in [4.78, 5) is 0. The van der Waals surface area contributed by atoms with Gasteiger partial charge in [-0.15, -0.1) is 0 Å². The predicted molar refractivity (Wildman–Crippen MR) is 97.2 cm³/mol. The fourth-order valence-electron chi connectivity index (χ4n) is 3.17. The van der Waals surface area contributed by atoms with Gasteiger partial charge in [0.15, 0.2) is 12.6 Å². The van der Waals surface area contributed by atoms with Gasteiger partial charge in [0.05, 0.1) is 12.2 Å². The average Bonchev–Trinajstić information content (AvgIpc) is 2.64. The number of aliphatic hydroxyl groups excluding tert-OH is 5. The summed E-state index contributed by atoms with van der Waals surface area (Å²) in [5, 5.41) is 50.6. The van der Waals surface area contributed by atoms with Gasteiger partial charge in [0.1, 0.15) is 36.6 Å². The van der Waals surface area contributed by atoms with Crippen LogP contribution in [-0.2, 0) is 18.9 Å². The molecule has 0 aromatic rings. The van der Waals surface area contributed by atoms with Crippen LogP contribution in [0.15, 0.2) is 0 Å². The van der Waals surface area contributed by atoms with Crippen molar-refractivity contribution in [3.63, 3.8) is 0 Å². The van der Waals surface area contributed by atoms with Gasteiger partial charge >= 0.3 is 0 Å². The zero-order valence-electron chi connectivity index (χ0n) is 15.6. The van der Waals surface area contributed by atoms with Crippen LogP contribution in [0.1, 0.15) is 33.1 Å². The van der Waals surface area contributed by atoms with Crippen LogP contribution >= 0.6 is 12.6 Å². The van der Waals surface area contributed by atoms with Crippen LogP contribution in [-0.4, -0.2) is 99.3 Å². The molecule has 2 aliphatic rings. The monoisotopic (exact) mass is 412 g/mol. The van der Waals surface area contributed by atoms with Crippen molar-refractivity contribution in [2.75, 3.05) is 12.4 Å². The van der Waals surface area contributed by atoms with Gasteiger partial charge in [-0.1, -0.05) is 6.42 Å². The van der Waals surface area contributed by atoms with Gasteiger partial charge in [-0.05, 0) is 32.4 Å². The van der Waals surface area contributed by atoms with Crippen LogP contribution in [0.3, 0.4) is 0 Å². The molecule has 10 atom stereocenters. The van der Waals surface area contributed by atoms with Crippen LogP contribution in [0.4, 0.5) is 0 Å². The molecule has 160 valence electrons. The van der Waals surface area contributed by atoms with Crippen LogP contribution in [0, 0.1) is 0 Å². The van der Waals surface area contributed by atoms with Gasteiger partial charge in [0.2, 0.25) is 0 Å².